The lowest BCUT2D eigenvalue weighted by Crippen LogP contribution is -2.08. The zero-order valence-corrected chi connectivity index (χ0v) is 12.7. The van der Waals surface area contributed by atoms with Crippen LogP contribution >= 0.6 is 0 Å². The summed E-state index contributed by atoms with van der Waals surface area (Å²) in [5.41, 5.74) is 1.34. The van der Waals surface area contributed by atoms with Crippen LogP contribution in [0.2, 0.25) is 0 Å². The van der Waals surface area contributed by atoms with Crippen LogP contribution < -0.4 is 0 Å². The van der Waals surface area contributed by atoms with Crippen LogP contribution in [0.5, 0.6) is 0 Å². The molecule has 2 rings (SSSR count). The number of ketones is 1. The second-order valence-corrected chi connectivity index (χ2v) is 4.61. The first-order chi connectivity index (χ1) is 10.5. The van der Waals surface area contributed by atoms with E-state index in [9.17, 15) is 14.4 Å². The van der Waals surface area contributed by atoms with Gasteiger partial charge in [-0.05, 0) is 39.0 Å². The summed E-state index contributed by atoms with van der Waals surface area (Å²) in [6, 6.07) is 4.58. The average molecular weight is 303 g/mol. The molecule has 0 aromatic carbocycles. The fourth-order valence-electron chi connectivity index (χ4n) is 2.15. The quantitative estimate of drug-likeness (QED) is 0.626. The molecule has 0 fully saturated rings. The number of aromatic nitrogens is 1. The van der Waals surface area contributed by atoms with E-state index in [0.29, 0.717) is 11.1 Å². The van der Waals surface area contributed by atoms with Crippen molar-refractivity contribution in [2.45, 2.75) is 20.8 Å². The van der Waals surface area contributed by atoms with E-state index in [-0.39, 0.29) is 30.3 Å². The zero-order chi connectivity index (χ0) is 16.3. The summed E-state index contributed by atoms with van der Waals surface area (Å²) in [7, 11) is 0. The lowest BCUT2D eigenvalue weighted by molar-refractivity contribution is 0.0517. The van der Waals surface area contributed by atoms with Crippen LogP contribution in [-0.4, -0.2) is 35.3 Å². The van der Waals surface area contributed by atoms with Crippen LogP contribution in [0.25, 0.3) is 5.52 Å². The lowest BCUT2D eigenvalue weighted by atomic mass is 10.1. The largest absolute Gasteiger partial charge is 0.462 e. The van der Waals surface area contributed by atoms with Gasteiger partial charge in [0.15, 0.2) is 5.78 Å². The molecular weight excluding hydrogens is 286 g/mol. The van der Waals surface area contributed by atoms with Crippen molar-refractivity contribution in [1.29, 1.82) is 0 Å². The number of hydrogen-bond donors (Lipinski definition) is 0. The SMILES string of the molecule is CCOC(=O)c1cc(C(=O)OCC)n2ccc(C(C)=O)cc12. The molecule has 6 heteroatoms. The highest BCUT2D eigenvalue weighted by molar-refractivity contribution is 6.03. The third kappa shape index (κ3) is 2.86. The number of nitrogens with zero attached hydrogens (tertiary/aromatic N) is 1. The minimum absolute atomic E-state index is 0.129. The third-order valence-electron chi connectivity index (χ3n) is 3.16. The monoisotopic (exact) mass is 303 g/mol. The molecule has 0 radical (unpaired) electrons. The maximum absolute atomic E-state index is 12.1. The first-order valence-electron chi connectivity index (χ1n) is 6.99. The standard InChI is InChI=1S/C16H17NO5/c1-4-21-15(19)12-9-14(16(20)22-5-2)17-7-6-11(10(3)18)8-13(12)17/h6-9H,4-5H2,1-3H3. The van der Waals surface area contributed by atoms with Crippen molar-refractivity contribution < 1.29 is 23.9 Å². The van der Waals surface area contributed by atoms with Crippen molar-refractivity contribution in [3.05, 3.63) is 41.2 Å². The summed E-state index contributed by atoms with van der Waals surface area (Å²) in [6.45, 7) is 5.28. The number of esters is 2. The number of carbonyl (C=O) groups excluding carboxylic acids is 3. The first kappa shape index (κ1) is 15.8. The third-order valence-corrected chi connectivity index (χ3v) is 3.16. The molecule has 0 saturated carbocycles. The summed E-state index contributed by atoms with van der Waals surface area (Å²) < 4.78 is 11.5. The van der Waals surface area contributed by atoms with Gasteiger partial charge in [-0.15, -0.1) is 0 Å². The summed E-state index contributed by atoms with van der Waals surface area (Å²) in [4.78, 5) is 35.6. The van der Waals surface area contributed by atoms with E-state index in [2.05, 4.69) is 0 Å². The molecule has 6 nitrogen and oxygen atoms in total. The molecule has 2 heterocycles. The number of hydrogen-bond acceptors (Lipinski definition) is 5. The van der Waals surface area contributed by atoms with Gasteiger partial charge >= 0.3 is 11.9 Å². The summed E-state index contributed by atoms with van der Waals surface area (Å²) in [6.07, 6.45) is 1.57. The van der Waals surface area contributed by atoms with Gasteiger partial charge in [0.05, 0.1) is 24.3 Å². The van der Waals surface area contributed by atoms with Gasteiger partial charge in [-0.25, -0.2) is 9.59 Å². The van der Waals surface area contributed by atoms with E-state index in [0.717, 1.165) is 0 Å². The predicted molar refractivity (Wildman–Crippen MR) is 79.3 cm³/mol. The average Bonchev–Trinajstić information content (AvgIpc) is 2.86. The highest BCUT2D eigenvalue weighted by Gasteiger charge is 2.21. The molecule has 0 aliphatic rings. The summed E-state index contributed by atoms with van der Waals surface area (Å²) >= 11 is 0. The zero-order valence-electron chi connectivity index (χ0n) is 12.7. The second-order valence-electron chi connectivity index (χ2n) is 4.61. The molecule has 22 heavy (non-hydrogen) atoms. The first-order valence-corrected chi connectivity index (χ1v) is 6.99. The molecule has 0 saturated heterocycles. The van der Waals surface area contributed by atoms with E-state index in [1.54, 1.807) is 32.2 Å². The Kier molecular flexibility index (Phi) is 4.60. The van der Waals surface area contributed by atoms with Gasteiger partial charge in [0.25, 0.3) is 0 Å². The molecule has 0 unspecified atom stereocenters. The Bertz CT molecular complexity index is 744. The highest BCUT2D eigenvalue weighted by Crippen LogP contribution is 2.21. The van der Waals surface area contributed by atoms with E-state index in [4.69, 9.17) is 9.47 Å². The second kappa shape index (κ2) is 6.43. The molecule has 0 aliphatic carbocycles. The molecule has 116 valence electrons. The number of carbonyl (C=O) groups is 3. The molecule has 2 aromatic heterocycles. The number of fused-ring (bicyclic) bond motifs is 1. The Balaban J connectivity index is 2.65. The smallest absolute Gasteiger partial charge is 0.355 e. The molecule has 0 bridgehead atoms. The van der Waals surface area contributed by atoms with Crippen molar-refractivity contribution in [1.82, 2.24) is 4.40 Å². The normalized spacial score (nSPS) is 10.5. The maximum atomic E-state index is 12.1. The van der Waals surface area contributed by atoms with E-state index >= 15 is 0 Å². The van der Waals surface area contributed by atoms with Crippen LogP contribution in [0.1, 0.15) is 52.0 Å². The molecule has 0 aliphatic heterocycles. The molecule has 0 amide bonds. The van der Waals surface area contributed by atoms with E-state index in [1.165, 1.54) is 17.4 Å². The van der Waals surface area contributed by atoms with Crippen LogP contribution in [0.15, 0.2) is 24.4 Å². The van der Waals surface area contributed by atoms with E-state index in [1.807, 2.05) is 0 Å². The van der Waals surface area contributed by atoms with E-state index < -0.39 is 11.9 Å². The van der Waals surface area contributed by atoms with Gasteiger partial charge in [0, 0.05) is 11.8 Å². The highest BCUT2D eigenvalue weighted by atomic mass is 16.5. The molecule has 0 spiro atoms. The summed E-state index contributed by atoms with van der Waals surface area (Å²) in [5.74, 6) is -1.21. The maximum Gasteiger partial charge on any atom is 0.355 e. The topological polar surface area (TPSA) is 74.1 Å². The molecular formula is C16H17NO5. The molecule has 0 atom stereocenters. The molecule has 0 N–H and O–H groups in total. The van der Waals surface area contributed by atoms with Crippen molar-refractivity contribution in [2.24, 2.45) is 0 Å². The van der Waals surface area contributed by atoms with Gasteiger partial charge < -0.3 is 13.9 Å². The van der Waals surface area contributed by atoms with Gasteiger partial charge in [-0.3, -0.25) is 4.79 Å². The van der Waals surface area contributed by atoms with Gasteiger partial charge in [-0.2, -0.15) is 0 Å². The summed E-state index contributed by atoms with van der Waals surface area (Å²) in [5, 5.41) is 0. The Morgan fingerprint density at radius 2 is 1.68 bits per heavy atom. The van der Waals surface area contributed by atoms with Crippen molar-refractivity contribution in [3.8, 4) is 0 Å². The van der Waals surface area contributed by atoms with Crippen molar-refractivity contribution >= 4 is 23.2 Å². The number of rotatable bonds is 5. The fraction of sp³-hybridized carbons (Fsp3) is 0.312. The van der Waals surface area contributed by atoms with Crippen LogP contribution in [-0.2, 0) is 9.47 Å². The van der Waals surface area contributed by atoms with Crippen molar-refractivity contribution in [3.63, 3.8) is 0 Å². The Hall–Kier alpha value is -2.63. The fourth-order valence-corrected chi connectivity index (χ4v) is 2.15. The van der Waals surface area contributed by atoms with Gasteiger partial charge in [0.2, 0.25) is 0 Å². The lowest BCUT2D eigenvalue weighted by Gasteiger charge is -2.04. The number of Topliss-reactive ketones (excluding diaryl/α,β-unsaturated/α-hetero) is 1. The Labute approximate surface area is 127 Å². The van der Waals surface area contributed by atoms with Crippen LogP contribution in [0.3, 0.4) is 0 Å². The van der Waals surface area contributed by atoms with Crippen molar-refractivity contribution in [2.75, 3.05) is 13.2 Å². The number of pyridine rings is 1. The number of ether oxygens (including phenoxy) is 2. The minimum Gasteiger partial charge on any atom is -0.462 e. The van der Waals surface area contributed by atoms with Gasteiger partial charge in [0.1, 0.15) is 5.69 Å². The van der Waals surface area contributed by atoms with Crippen LogP contribution in [0.4, 0.5) is 0 Å². The predicted octanol–water partition coefficient (Wildman–Crippen LogP) is 2.50. The Morgan fingerprint density at radius 3 is 2.27 bits per heavy atom. The van der Waals surface area contributed by atoms with Gasteiger partial charge in [-0.1, -0.05) is 0 Å². The molecule has 2 aromatic rings. The minimum atomic E-state index is -0.545. The van der Waals surface area contributed by atoms with Crippen LogP contribution in [0, 0.1) is 0 Å². The Morgan fingerprint density at radius 1 is 1.05 bits per heavy atom.